The molecule has 0 fully saturated rings. The molecule has 0 bridgehead atoms. The predicted octanol–water partition coefficient (Wildman–Crippen LogP) is 3.74. The first kappa shape index (κ1) is 16.5. The van der Waals surface area contributed by atoms with Gasteiger partial charge in [0.1, 0.15) is 12.4 Å². The van der Waals surface area contributed by atoms with Crippen molar-refractivity contribution in [2.24, 2.45) is 0 Å². The Kier molecular flexibility index (Phi) is 5.49. The van der Waals surface area contributed by atoms with Crippen LogP contribution in [0.15, 0.2) is 60.4 Å². The molecule has 2 aromatic carbocycles. The quantitative estimate of drug-likeness (QED) is 0.803. The van der Waals surface area contributed by atoms with Crippen LogP contribution in [0.3, 0.4) is 0 Å². The Balaban J connectivity index is 1.66. The molecule has 0 unspecified atom stereocenters. The lowest BCUT2D eigenvalue weighted by Crippen LogP contribution is -2.29. The summed E-state index contributed by atoms with van der Waals surface area (Å²) < 4.78 is 5.84. The maximum atomic E-state index is 6.42. The molecule has 1 aliphatic heterocycles. The molecular formula is C19H22ClN3O. The van der Waals surface area contributed by atoms with Gasteiger partial charge in [0.15, 0.2) is 0 Å². The van der Waals surface area contributed by atoms with Gasteiger partial charge in [-0.15, -0.1) is 0 Å². The number of ether oxygens (including phenoxy) is 1. The lowest BCUT2D eigenvalue weighted by molar-refractivity contribution is 0.306. The van der Waals surface area contributed by atoms with Crippen LogP contribution in [0.25, 0.3) is 0 Å². The van der Waals surface area contributed by atoms with E-state index in [-0.39, 0.29) is 0 Å². The largest absolute Gasteiger partial charge is 0.487 e. The van der Waals surface area contributed by atoms with Crippen LogP contribution in [0.5, 0.6) is 5.75 Å². The molecule has 2 N–H and O–H groups in total. The summed E-state index contributed by atoms with van der Waals surface area (Å²) in [4.78, 5) is 2.26. The molecule has 1 heterocycles. The number of benzene rings is 2. The van der Waals surface area contributed by atoms with Crippen LogP contribution in [-0.2, 0) is 6.61 Å². The van der Waals surface area contributed by atoms with Gasteiger partial charge in [0, 0.05) is 24.1 Å². The van der Waals surface area contributed by atoms with Gasteiger partial charge >= 0.3 is 0 Å². The molecule has 0 amide bonds. The second-order valence-corrected chi connectivity index (χ2v) is 6.04. The summed E-state index contributed by atoms with van der Waals surface area (Å²) in [5.41, 5.74) is 3.39. The lowest BCUT2D eigenvalue weighted by atomic mass is 10.2. The van der Waals surface area contributed by atoms with Gasteiger partial charge in [0.05, 0.1) is 18.2 Å². The third-order valence-electron chi connectivity index (χ3n) is 3.95. The number of nitrogens with one attached hydrogen (secondary N) is 2. The van der Waals surface area contributed by atoms with Crippen LogP contribution in [0.2, 0.25) is 5.02 Å². The predicted molar refractivity (Wildman–Crippen MR) is 99.3 cm³/mol. The normalized spacial score (nSPS) is 13.0. The molecule has 4 nitrogen and oxygen atoms in total. The SMILES string of the molecule is CCN(CC1=CNCN1)c1ccc(OCc2ccccc2)c(Cl)c1. The molecule has 1 aliphatic rings. The summed E-state index contributed by atoms with van der Waals surface area (Å²) in [6, 6.07) is 16.0. The van der Waals surface area contributed by atoms with Crippen molar-refractivity contribution in [3.05, 3.63) is 71.0 Å². The first-order valence-electron chi connectivity index (χ1n) is 8.14. The average molecular weight is 344 g/mol. The van der Waals surface area contributed by atoms with E-state index in [0.717, 1.165) is 31.0 Å². The van der Waals surface area contributed by atoms with Crippen molar-refractivity contribution < 1.29 is 4.74 Å². The van der Waals surface area contributed by atoms with Gasteiger partial charge in [-0.2, -0.15) is 0 Å². The molecular weight excluding hydrogens is 322 g/mol. The second-order valence-electron chi connectivity index (χ2n) is 5.63. The number of likely N-dealkylation sites (N-methyl/N-ethyl adjacent to an activating group) is 1. The summed E-state index contributed by atoms with van der Waals surface area (Å²) in [6.45, 7) is 5.17. The van der Waals surface area contributed by atoms with E-state index in [1.807, 2.05) is 48.7 Å². The van der Waals surface area contributed by atoms with E-state index in [2.05, 4.69) is 28.5 Å². The Morgan fingerprint density at radius 1 is 1.17 bits per heavy atom. The van der Waals surface area contributed by atoms with Crippen molar-refractivity contribution in [1.82, 2.24) is 10.6 Å². The van der Waals surface area contributed by atoms with Crippen LogP contribution in [0.4, 0.5) is 5.69 Å². The number of anilines is 1. The lowest BCUT2D eigenvalue weighted by Gasteiger charge is -2.24. The van der Waals surface area contributed by atoms with E-state index < -0.39 is 0 Å². The van der Waals surface area contributed by atoms with Gasteiger partial charge in [-0.3, -0.25) is 0 Å². The molecule has 2 aromatic rings. The highest BCUT2D eigenvalue weighted by Crippen LogP contribution is 2.30. The van der Waals surface area contributed by atoms with E-state index in [1.54, 1.807) is 0 Å². The van der Waals surface area contributed by atoms with E-state index in [4.69, 9.17) is 16.3 Å². The minimum absolute atomic E-state index is 0.514. The minimum atomic E-state index is 0.514. The highest BCUT2D eigenvalue weighted by atomic mass is 35.5. The highest BCUT2D eigenvalue weighted by molar-refractivity contribution is 6.32. The molecule has 126 valence electrons. The summed E-state index contributed by atoms with van der Waals surface area (Å²) in [6.07, 6.45) is 2.02. The van der Waals surface area contributed by atoms with Crippen molar-refractivity contribution in [3.8, 4) is 5.75 Å². The molecule has 0 spiro atoms. The van der Waals surface area contributed by atoms with Crippen molar-refractivity contribution in [1.29, 1.82) is 0 Å². The first-order chi connectivity index (χ1) is 11.8. The molecule has 0 radical (unpaired) electrons. The van der Waals surface area contributed by atoms with Crippen molar-refractivity contribution >= 4 is 17.3 Å². The van der Waals surface area contributed by atoms with Gasteiger partial charge in [0.2, 0.25) is 0 Å². The Labute approximate surface area is 148 Å². The van der Waals surface area contributed by atoms with E-state index >= 15 is 0 Å². The first-order valence-corrected chi connectivity index (χ1v) is 8.51. The fraction of sp³-hybridized carbons (Fsp3) is 0.263. The zero-order valence-electron chi connectivity index (χ0n) is 13.8. The third-order valence-corrected chi connectivity index (χ3v) is 4.25. The smallest absolute Gasteiger partial charge is 0.138 e. The summed E-state index contributed by atoms with van der Waals surface area (Å²) in [5.74, 6) is 0.709. The fourth-order valence-corrected chi connectivity index (χ4v) is 2.85. The molecule has 3 rings (SSSR count). The third kappa shape index (κ3) is 4.15. The van der Waals surface area contributed by atoms with Gasteiger partial charge in [-0.1, -0.05) is 41.9 Å². The number of nitrogens with zero attached hydrogens (tertiary/aromatic N) is 1. The molecule has 0 saturated carbocycles. The maximum absolute atomic E-state index is 6.42. The van der Waals surface area contributed by atoms with E-state index in [0.29, 0.717) is 17.4 Å². The average Bonchev–Trinajstić information content (AvgIpc) is 3.12. The van der Waals surface area contributed by atoms with Gasteiger partial charge < -0.3 is 20.3 Å². The Bertz CT molecular complexity index is 703. The second kappa shape index (κ2) is 7.97. The topological polar surface area (TPSA) is 36.5 Å². The van der Waals surface area contributed by atoms with E-state index in [1.165, 1.54) is 5.70 Å². The molecule has 0 saturated heterocycles. The van der Waals surface area contributed by atoms with Crippen molar-refractivity contribution in [3.63, 3.8) is 0 Å². The van der Waals surface area contributed by atoms with Crippen molar-refractivity contribution in [2.45, 2.75) is 13.5 Å². The van der Waals surface area contributed by atoms with Crippen LogP contribution >= 0.6 is 11.6 Å². The van der Waals surface area contributed by atoms with Gasteiger partial charge in [-0.05, 0) is 30.7 Å². The van der Waals surface area contributed by atoms with Gasteiger partial charge in [0.25, 0.3) is 0 Å². The number of halogens is 1. The minimum Gasteiger partial charge on any atom is -0.487 e. The summed E-state index contributed by atoms with van der Waals surface area (Å²) in [5, 5.41) is 7.10. The Morgan fingerprint density at radius 3 is 2.67 bits per heavy atom. The number of hydrogen-bond acceptors (Lipinski definition) is 4. The van der Waals surface area contributed by atoms with Crippen LogP contribution < -0.4 is 20.3 Å². The Morgan fingerprint density at radius 2 is 2.00 bits per heavy atom. The van der Waals surface area contributed by atoms with Crippen LogP contribution in [0.1, 0.15) is 12.5 Å². The standard InChI is InChI=1S/C19H22ClN3O/c1-2-23(12-16-11-21-14-22-16)17-8-9-19(18(20)10-17)24-13-15-6-4-3-5-7-15/h3-11,21-22H,2,12-14H2,1H3. The maximum Gasteiger partial charge on any atom is 0.138 e. The van der Waals surface area contributed by atoms with E-state index in [9.17, 15) is 0 Å². The zero-order valence-corrected chi connectivity index (χ0v) is 14.5. The Hall–Kier alpha value is -2.33. The molecule has 5 heteroatoms. The fourth-order valence-electron chi connectivity index (χ4n) is 2.62. The van der Waals surface area contributed by atoms with Gasteiger partial charge in [-0.25, -0.2) is 0 Å². The zero-order chi connectivity index (χ0) is 16.8. The number of rotatable bonds is 7. The van der Waals surface area contributed by atoms with Crippen LogP contribution in [0, 0.1) is 0 Å². The summed E-state index contributed by atoms with van der Waals surface area (Å²) >= 11 is 6.42. The summed E-state index contributed by atoms with van der Waals surface area (Å²) in [7, 11) is 0. The van der Waals surface area contributed by atoms with Crippen molar-refractivity contribution in [2.75, 3.05) is 24.7 Å². The highest BCUT2D eigenvalue weighted by Gasteiger charge is 2.12. The monoisotopic (exact) mass is 343 g/mol. The molecule has 0 aliphatic carbocycles. The number of hydrogen-bond donors (Lipinski definition) is 2. The molecule has 24 heavy (non-hydrogen) atoms. The molecule has 0 atom stereocenters. The van der Waals surface area contributed by atoms with Crippen LogP contribution in [-0.4, -0.2) is 19.8 Å². The molecule has 0 aromatic heterocycles.